The Morgan fingerprint density at radius 1 is 1.05 bits per heavy atom. The van der Waals surface area contributed by atoms with Gasteiger partial charge in [-0.3, -0.25) is 4.79 Å². The predicted octanol–water partition coefficient (Wildman–Crippen LogP) is 3.50. The van der Waals surface area contributed by atoms with Crippen LogP contribution in [0.3, 0.4) is 0 Å². The number of carbonyl (C=O) groups is 1. The smallest absolute Gasteiger partial charge is 0.274 e. The van der Waals surface area contributed by atoms with Crippen molar-refractivity contribution in [3.63, 3.8) is 0 Å². The average molecular weight is 278 g/mol. The van der Waals surface area contributed by atoms with E-state index in [1.807, 2.05) is 43.3 Å². The third kappa shape index (κ3) is 2.56. The molecule has 104 valence electrons. The molecule has 2 aromatic carbocycles. The minimum Gasteiger partial charge on any atom is -0.493 e. The number of hydrogen-bond acceptors (Lipinski definition) is 3. The highest BCUT2D eigenvalue weighted by Crippen LogP contribution is 2.27. The van der Waals surface area contributed by atoms with E-state index in [4.69, 9.17) is 0 Å². The molecule has 0 saturated heterocycles. The van der Waals surface area contributed by atoms with E-state index in [1.54, 1.807) is 12.1 Å². The summed E-state index contributed by atoms with van der Waals surface area (Å²) in [5.41, 5.74) is 1.92. The second-order valence-electron chi connectivity index (χ2n) is 4.81. The van der Waals surface area contributed by atoms with Crippen molar-refractivity contribution < 1.29 is 9.90 Å². The van der Waals surface area contributed by atoms with Crippen molar-refractivity contribution in [3.8, 4) is 5.88 Å². The summed E-state index contributed by atoms with van der Waals surface area (Å²) in [5, 5.41) is 14.3. The van der Waals surface area contributed by atoms with Crippen LogP contribution in [0.5, 0.6) is 5.88 Å². The van der Waals surface area contributed by atoms with E-state index in [9.17, 15) is 9.90 Å². The number of aromatic hydroxyl groups is 1. The highest BCUT2D eigenvalue weighted by atomic mass is 16.3. The molecule has 4 nitrogen and oxygen atoms in total. The topological polar surface area (TPSA) is 62.2 Å². The van der Waals surface area contributed by atoms with Crippen molar-refractivity contribution in [2.24, 2.45) is 0 Å². The Hall–Kier alpha value is -2.88. The Morgan fingerprint density at radius 3 is 2.67 bits per heavy atom. The summed E-state index contributed by atoms with van der Waals surface area (Å²) < 4.78 is 0. The van der Waals surface area contributed by atoms with Gasteiger partial charge in [0.2, 0.25) is 5.88 Å². The average Bonchev–Trinajstić information content (AvgIpc) is 2.50. The van der Waals surface area contributed by atoms with Gasteiger partial charge in [0, 0.05) is 11.5 Å². The first-order chi connectivity index (χ1) is 10.1. The fraction of sp³-hybridized carbons (Fsp3) is 0.0588. The van der Waals surface area contributed by atoms with Gasteiger partial charge < -0.3 is 10.4 Å². The lowest BCUT2D eigenvalue weighted by Crippen LogP contribution is -2.14. The molecule has 21 heavy (non-hydrogen) atoms. The zero-order valence-corrected chi connectivity index (χ0v) is 11.5. The number of amides is 1. The van der Waals surface area contributed by atoms with E-state index in [0.717, 1.165) is 22.0 Å². The summed E-state index contributed by atoms with van der Waals surface area (Å²) in [6.45, 7) is 1.94. The van der Waals surface area contributed by atoms with Crippen LogP contribution in [0, 0.1) is 6.92 Å². The Balaban J connectivity index is 2.02. The van der Waals surface area contributed by atoms with Crippen LogP contribution in [0.1, 0.15) is 16.1 Å². The molecule has 1 aromatic heterocycles. The molecular weight excluding hydrogens is 264 g/mol. The zero-order valence-electron chi connectivity index (χ0n) is 11.5. The van der Waals surface area contributed by atoms with Gasteiger partial charge in [0.1, 0.15) is 5.69 Å². The molecule has 4 heteroatoms. The van der Waals surface area contributed by atoms with Crippen molar-refractivity contribution in [2.45, 2.75) is 6.92 Å². The summed E-state index contributed by atoms with van der Waals surface area (Å²) in [6, 6.07) is 16.4. The first-order valence-electron chi connectivity index (χ1n) is 6.61. The number of nitrogens with one attached hydrogen (secondary N) is 1. The van der Waals surface area contributed by atoms with Crippen LogP contribution in [0.4, 0.5) is 5.69 Å². The Morgan fingerprint density at radius 2 is 1.86 bits per heavy atom. The zero-order chi connectivity index (χ0) is 14.8. The largest absolute Gasteiger partial charge is 0.493 e. The van der Waals surface area contributed by atoms with E-state index < -0.39 is 0 Å². The van der Waals surface area contributed by atoms with Crippen molar-refractivity contribution >= 4 is 22.4 Å². The van der Waals surface area contributed by atoms with Crippen molar-refractivity contribution in [3.05, 3.63) is 65.9 Å². The van der Waals surface area contributed by atoms with Crippen molar-refractivity contribution in [2.75, 3.05) is 5.32 Å². The number of benzene rings is 2. The maximum atomic E-state index is 12.3. The molecule has 0 bridgehead atoms. The lowest BCUT2D eigenvalue weighted by molar-refractivity contribution is 0.102. The van der Waals surface area contributed by atoms with Gasteiger partial charge in [-0.25, -0.2) is 4.98 Å². The number of anilines is 1. The maximum absolute atomic E-state index is 12.3. The lowest BCUT2D eigenvalue weighted by Gasteiger charge is -2.11. The van der Waals surface area contributed by atoms with Crippen LogP contribution in [0.15, 0.2) is 54.6 Å². The molecule has 0 aliphatic carbocycles. The third-order valence-corrected chi connectivity index (χ3v) is 3.34. The van der Waals surface area contributed by atoms with E-state index in [1.165, 1.54) is 6.07 Å². The molecule has 0 unspecified atom stereocenters. The van der Waals surface area contributed by atoms with E-state index >= 15 is 0 Å². The first kappa shape index (κ1) is 13.1. The quantitative estimate of drug-likeness (QED) is 0.754. The second kappa shape index (κ2) is 5.25. The van der Waals surface area contributed by atoms with Crippen LogP contribution in [-0.4, -0.2) is 16.0 Å². The van der Waals surface area contributed by atoms with Crippen LogP contribution < -0.4 is 5.32 Å². The molecular formula is C17H14N2O2. The van der Waals surface area contributed by atoms with Crippen molar-refractivity contribution in [1.29, 1.82) is 0 Å². The fourth-order valence-corrected chi connectivity index (χ4v) is 2.27. The van der Waals surface area contributed by atoms with Crippen LogP contribution in [0.25, 0.3) is 10.8 Å². The van der Waals surface area contributed by atoms with Gasteiger partial charge in [0.25, 0.3) is 5.91 Å². The molecule has 0 aliphatic rings. The molecule has 0 atom stereocenters. The van der Waals surface area contributed by atoms with Gasteiger partial charge in [-0.1, -0.05) is 42.5 Å². The van der Waals surface area contributed by atoms with E-state index in [-0.39, 0.29) is 17.5 Å². The number of aryl methyl sites for hydroxylation is 1. The van der Waals surface area contributed by atoms with Crippen LogP contribution >= 0.6 is 0 Å². The molecule has 3 aromatic rings. The van der Waals surface area contributed by atoms with Gasteiger partial charge in [-0.15, -0.1) is 0 Å². The second-order valence-corrected chi connectivity index (χ2v) is 4.81. The summed E-state index contributed by atoms with van der Waals surface area (Å²) >= 11 is 0. The lowest BCUT2D eigenvalue weighted by atomic mass is 10.0. The van der Waals surface area contributed by atoms with Gasteiger partial charge in [0.15, 0.2) is 0 Å². The highest BCUT2D eigenvalue weighted by molar-refractivity contribution is 6.09. The molecule has 0 spiro atoms. The maximum Gasteiger partial charge on any atom is 0.274 e. The number of pyridine rings is 1. The Bertz CT molecular complexity index is 828. The fourth-order valence-electron chi connectivity index (χ4n) is 2.27. The molecule has 1 heterocycles. The molecule has 1 amide bonds. The van der Waals surface area contributed by atoms with Crippen LogP contribution in [0.2, 0.25) is 0 Å². The van der Waals surface area contributed by atoms with Crippen LogP contribution in [-0.2, 0) is 0 Å². The molecule has 0 fully saturated rings. The summed E-state index contributed by atoms with van der Waals surface area (Å²) in [5.74, 6) is -0.511. The number of carbonyl (C=O) groups excluding carboxylic acids is 1. The number of fused-ring (bicyclic) bond motifs is 1. The molecule has 2 N–H and O–H groups in total. The normalized spacial score (nSPS) is 10.5. The first-order valence-corrected chi connectivity index (χ1v) is 6.61. The number of aromatic nitrogens is 1. The predicted molar refractivity (Wildman–Crippen MR) is 82.5 cm³/mol. The molecule has 3 rings (SSSR count). The highest BCUT2D eigenvalue weighted by Gasteiger charge is 2.12. The summed E-state index contributed by atoms with van der Waals surface area (Å²) in [6.07, 6.45) is 0. The number of hydrogen-bond donors (Lipinski definition) is 2. The van der Waals surface area contributed by atoms with Gasteiger partial charge in [0.05, 0.1) is 5.69 Å². The molecule has 0 radical (unpaired) electrons. The number of rotatable bonds is 2. The van der Waals surface area contributed by atoms with Gasteiger partial charge >= 0.3 is 0 Å². The third-order valence-electron chi connectivity index (χ3n) is 3.34. The molecule has 0 aliphatic heterocycles. The minimum absolute atomic E-state index is 0.169. The summed E-state index contributed by atoms with van der Waals surface area (Å²) in [7, 11) is 0. The Kier molecular flexibility index (Phi) is 3.28. The SMILES string of the molecule is Cc1ccc2ccccc2c1NC(=O)c1cccc(O)n1. The standard InChI is InChI=1S/C17H14N2O2/c1-11-9-10-12-5-2-3-6-13(12)16(11)19-17(21)14-7-4-8-15(20)18-14/h2-10H,1H3,(H,18,20)(H,19,21). The van der Waals surface area contributed by atoms with Gasteiger partial charge in [-0.05, 0) is 23.9 Å². The molecule has 0 saturated carbocycles. The Labute approximate surface area is 122 Å². The van der Waals surface area contributed by atoms with Crippen molar-refractivity contribution in [1.82, 2.24) is 4.98 Å². The summed E-state index contributed by atoms with van der Waals surface area (Å²) in [4.78, 5) is 16.1. The van der Waals surface area contributed by atoms with E-state index in [0.29, 0.717) is 0 Å². The van der Waals surface area contributed by atoms with Gasteiger partial charge in [-0.2, -0.15) is 0 Å². The minimum atomic E-state index is -0.342. The van der Waals surface area contributed by atoms with E-state index in [2.05, 4.69) is 10.3 Å². The number of nitrogens with zero attached hydrogens (tertiary/aromatic N) is 1. The monoisotopic (exact) mass is 278 g/mol.